The van der Waals surface area contributed by atoms with Crippen molar-refractivity contribution in [2.45, 2.75) is 55.8 Å². The highest BCUT2D eigenvalue weighted by Crippen LogP contribution is 2.42. The van der Waals surface area contributed by atoms with Gasteiger partial charge >= 0.3 is 12.0 Å². The number of nitrogens with one attached hydrogen (secondary N) is 3. The minimum Gasteiger partial charge on any atom is -0.496 e. The maximum atomic E-state index is 13.5. The molecule has 0 aromatic heterocycles. The number of aliphatic imine (C=N–C) groups is 1. The van der Waals surface area contributed by atoms with Crippen LogP contribution in [0.25, 0.3) is 0 Å². The molecule has 4 amide bonds. The fourth-order valence-corrected chi connectivity index (χ4v) is 6.12. The van der Waals surface area contributed by atoms with Gasteiger partial charge in [-0.05, 0) is 11.5 Å². The Bertz CT molecular complexity index is 1350. The first kappa shape index (κ1) is 27.5. The van der Waals surface area contributed by atoms with Crippen LogP contribution >= 0.6 is 0 Å². The summed E-state index contributed by atoms with van der Waals surface area (Å²) in [6.07, 6.45) is 0. The Morgan fingerprint density at radius 2 is 2.00 bits per heavy atom. The fraction of sp³-hybridized carbons (Fsp3) is 0.560. The van der Waals surface area contributed by atoms with Crippen molar-refractivity contribution in [2.24, 2.45) is 16.5 Å². The second-order valence-corrected chi connectivity index (χ2v) is 11.6. The lowest BCUT2D eigenvalue weighted by Gasteiger charge is -2.44. The minimum absolute atomic E-state index is 0.0302. The molecule has 1 aromatic carbocycles. The number of urea groups is 1. The number of nitrogens with two attached hydrogens (primary N) is 2. The number of imide groups is 1. The van der Waals surface area contributed by atoms with E-state index >= 15 is 0 Å². The van der Waals surface area contributed by atoms with E-state index in [-0.39, 0.29) is 42.5 Å². The number of nitrogens with zero attached hydrogens (tertiary/aromatic N) is 4. The van der Waals surface area contributed by atoms with Crippen LogP contribution in [0.3, 0.4) is 0 Å². The molecule has 216 valence electrons. The van der Waals surface area contributed by atoms with Crippen molar-refractivity contribution in [3.8, 4) is 5.75 Å². The number of aliphatic hydroxyl groups is 2. The summed E-state index contributed by atoms with van der Waals surface area (Å²) in [5, 5.41) is 32.0. The maximum Gasteiger partial charge on any atom is 0.346 e. The molecule has 5 rings (SSSR count). The van der Waals surface area contributed by atoms with Gasteiger partial charge in [0.25, 0.3) is 5.91 Å². The van der Waals surface area contributed by atoms with Crippen LogP contribution in [0.5, 0.6) is 5.75 Å². The van der Waals surface area contributed by atoms with E-state index < -0.39 is 47.4 Å². The summed E-state index contributed by atoms with van der Waals surface area (Å²) in [6, 6.07) is 1.61. The van der Waals surface area contributed by atoms with Crippen LogP contribution in [0.1, 0.15) is 36.7 Å². The zero-order valence-electron chi connectivity index (χ0n) is 23.1. The number of rotatable bonds is 5. The van der Waals surface area contributed by atoms with Gasteiger partial charge in [0.1, 0.15) is 30.4 Å². The lowest BCUT2D eigenvalue weighted by molar-refractivity contribution is -0.623. The molecule has 0 aliphatic carbocycles. The van der Waals surface area contributed by atoms with E-state index in [1.165, 1.54) is 23.6 Å². The van der Waals surface area contributed by atoms with Crippen LogP contribution in [0.15, 0.2) is 23.2 Å². The third-order valence-corrected chi connectivity index (χ3v) is 8.06. The predicted molar refractivity (Wildman–Crippen MR) is 142 cm³/mol. The monoisotopic (exact) mass is 558 g/mol. The summed E-state index contributed by atoms with van der Waals surface area (Å²) < 4.78 is 7.05. The highest BCUT2D eigenvalue weighted by atomic mass is 16.5. The Labute approximate surface area is 230 Å². The number of likely N-dealkylation sites (N-methyl/N-ethyl adjacent to an activating group) is 1. The molecule has 0 bridgehead atoms. The van der Waals surface area contributed by atoms with Gasteiger partial charge in [0.15, 0.2) is 5.96 Å². The van der Waals surface area contributed by atoms with Crippen LogP contribution < -0.4 is 32.2 Å². The van der Waals surface area contributed by atoms with Crippen LogP contribution in [0, 0.1) is 0 Å². The maximum absolute atomic E-state index is 13.5. The van der Waals surface area contributed by atoms with Gasteiger partial charge in [-0.2, -0.15) is 0 Å². The lowest BCUT2D eigenvalue weighted by atomic mass is 9.84. The van der Waals surface area contributed by atoms with Crippen LogP contribution in [-0.4, -0.2) is 118 Å². The van der Waals surface area contributed by atoms with E-state index in [1.54, 1.807) is 12.1 Å². The Kier molecular flexibility index (Phi) is 6.15. The third kappa shape index (κ3) is 3.83. The SMILES string of the molecule is COc1c(C(=O)NC2C[N+]3=C(N)N[C@@H](CN4C(=O)CN(C)C4=O)[C@@H]4N=C(N)N[C@@]43C2(O)O)cccc1C(C)(C)C. The number of para-hydroxylation sites is 1. The topological polar surface area (TPSA) is 211 Å². The lowest BCUT2D eigenvalue weighted by Crippen LogP contribution is -2.79. The molecular formula is C25H36N9O6+. The number of ether oxygens (including phenoxy) is 1. The summed E-state index contributed by atoms with van der Waals surface area (Å²) in [5.41, 5.74) is 11.3. The van der Waals surface area contributed by atoms with Gasteiger partial charge in [-0.1, -0.05) is 32.9 Å². The standard InChI is InChI=1S/C25H35N9O6/c1-23(2,3)13-8-6-7-12(17(13)40-5)19(36)29-15-10-34-21(27)28-14(9-33-16(35)11-32(4)22(33)37)18-24(34,25(15,38)39)31-20(26)30-18/h6-8,14-15,18,38-39H,9-11H2,1-5H3,(H6,26,27,28,29,30,31,36)/p+1/t14-,15?,18-,24-/m0/s1. The Morgan fingerprint density at radius 3 is 2.60 bits per heavy atom. The first-order valence-corrected chi connectivity index (χ1v) is 12.9. The van der Waals surface area contributed by atoms with Gasteiger partial charge in [0.2, 0.25) is 17.4 Å². The summed E-state index contributed by atoms with van der Waals surface area (Å²) in [4.78, 5) is 45.3. The van der Waals surface area contributed by atoms with Crippen molar-refractivity contribution in [3.05, 3.63) is 29.3 Å². The molecule has 4 heterocycles. The molecule has 0 saturated carbocycles. The number of guanidine groups is 2. The molecule has 2 saturated heterocycles. The van der Waals surface area contributed by atoms with Crippen LogP contribution in [0.4, 0.5) is 4.79 Å². The number of carbonyl (C=O) groups is 3. The normalized spacial score (nSPS) is 29.1. The molecule has 0 radical (unpaired) electrons. The predicted octanol–water partition coefficient (Wildman–Crippen LogP) is -3.04. The van der Waals surface area contributed by atoms with Crippen molar-refractivity contribution >= 4 is 29.8 Å². The highest BCUT2D eigenvalue weighted by molar-refractivity contribution is 6.02. The first-order valence-electron chi connectivity index (χ1n) is 12.9. The van der Waals surface area contributed by atoms with Gasteiger partial charge in [-0.25, -0.2) is 14.4 Å². The molecule has 1 aromatic rings. The van der Waals surface area contributed by atoms with E-state index in [1.807, 2.05) is 26.8 Å². The summed E-state index contributed by atoms with van der Waals surface area (Å²) in [7, 11) is 2.98. The summed E-state index contributed by atoms with van der Waals surface area (Å²) in [6.45, 7) is 5.63. The number of benzene rings is 1. The van der Waals surface area contributed by atoms with Crippen molar-refractivity contribution in [3.63, 3.8) is 0 Å². The van der Waals surface area contributed by atoms with Crippen molar-refractivity contribution in [2.75, 3.05) is 33.8 Å². The number of hydrogen-bond donors (Lipinski definition) is 7. The van der Waals surface area contributed by atoms with Gasteiger partial charge in [0, 0.05) is 12.6 Å². The average molecular weight is 559 g/mol. The second kappa shape index (κ2) is 8.96. The van der Waals surface area contributed by atoms with Crippen molar-refractivity contribution < 1.29 is 33.9 Å². The van der Waals surface area contributed by atoms with E-state index in [9.17, 15) is 24.6 Å². The molecule has 15 heteroatoms. The molecule has 4 atom stereocenters. The largest absolute Gasteiger partial charge is 0.496 e. The zero-order chi connectivity index (χ0) is 29.4. The Hall–Kier alpha value is -4.11. The molecule has 40 heavy (non-hydrogen) atoms. The number of hydrogen-bond acceptors (Lipinski definition) is 11. The van der Waals surface area contributed by atoms with Crippen LogP contribution in [0.2, 0.25) is 0 Å². The molecule has 4 aliphatic rings. The van der Waals surface area contributed by atoms with E-state index in [4.69, 9.17) is 16.2 Å². The van der Waals surface area contributed by atoms with Gasteiger partial charge in [0.05, 0.1) is 25.8 Å². The molecule has 1 spiro atoms. The second-order valence-electron chi connectivity index (χ2n) is 11.6. The molecule has 15 nitrogen and oxygen atoms in total. The molecule has 1 unspecified atom stereocenters. The molecule has 9 N–H and O–H groups in total. The van der Waals surface area contributed by atoms with E-state index in [0.29, 0.717) is 5.75 Å². The first-order chi connectivity index (χ1) is 18.6. The quantitative estimate of drug-likeness (QED) is 0.110. The smallest absolute Gasteiger partial charge is 0.346 e. The van der Waals surface area contributed by atoms with Gasteiger partial charge < -0.3 is 36.2 Å². The summed E-state index contributed by atoms with van der Waals surface area (Å²) >= 11 is 0. The number of amides is 4. The summed E-state index contributed by atoms with van der Waals surface area (Å²) in [5.74, 6) is -3.33. The average Bonchev–Trinajstić information content (AvgIpc) is 3.43. The third-order valence-electron chi connectivity index (χ3n) is 8.06. The van der Waals surface area contributed by atoms with Gasteiger partial charge in [-0.3, -0.25) is 25.5 Å². The Balaban J connectivity index is 1.48. The number of methoxy groups -OCH3 is 1. The number of carbonyl (C=O) groups excluding carboxylic acids is 3. The van der Waals surface area contributed by atoms with Crippen LogP contribution in [-0.2, 0) is 10.2 Å². The zero-order valence-corrected chi connectivity index (χ0v) is 23.1. The Morgan fingerprint density at radius 1 is 1.30 bits per heavy atom. The minimum atomic E-state index is -2.66. The molecule has 4 aliphatic heterocycles. The van der Waals surface area contributed by atoms with Crippen molar-refractivity contribution in [1.82, 2.24) is 25.8 Å². The fourth-order valence-electron chi connectivity index (χ4n) is 6.12. The molecular weight excluding hydrogens is 522 g/mol. The highest BCUT2D eigenvalue weighted by Gasteiger charge is 2.75. The van der Waals surface area contributed by atoms with Gasteiger partial charge in [-0.15, -0.1) is 0 Å². The molecule has 2 fully saturated rings. The van der Waals surface area contributed by atoms with Crippen molar-refractivity contribution in [1.29, 1.82) is 0 Å². The van der Waals surface area contributed by atoms with E-state index in [0.717, 1.165) is 10.5 Å². The van der Waals surface area contributed by atoms with E-state index in [2.05, 4.69) is 20.9 Å².